The van der Waals surface area contributed by atoms with E-state index < -0.39 is 0 Å². The lowest BCUT2D eigenvalue weighted by Crippen LogP contribution is -2.22. The molecule has 1 unspecified atom stereocenters. The number of nitrogens with zero attached hydrogens (tertiary/aromatic N) is 5. The summed E-state index contributed by atoms with van der Waals surface area (Å²) in [5.41, 5.74) is 0.917. The quantitative estimate of drug-likeness (QED) is 0.817. The van der Waals surface area contributed by atoms with Gasteiger partial charge in [0.2, 0.25) is 0 Å². The van der Waals surface area contributed by atoms with Crippen molar-refractivity contribution in [1.29, 1.82) is 0 Å². The lowest BCUT2D eigenvalue weighted by atomic mass is 10.1. The summed E-state index contributed by atoms with van der Waals surface area (Å²) in [6.07, 6.45) is 7.48. The predicted molar refractivity (Wildman–Crippen MR) is 63.2 cm³/mol. The Morgan fingerprint density at radius 3 is 2.88 bits per heavy atom. The minimum absolute atomic E-state index is 0.109. The molecule has 0 saturated heterocycles. The Bertz CT molecular complexity index is 452. The summed E-state index contributed by atoms with van der Waals surface area (Å²) >= 11 is 0. The monoisotopic (exact) mass is 232 g/mol. The van der Waals surface area contributed by atoms with Crippen molar-refractivity contribution in [2.75, 3.05) is 7.05 Å². The van der Waals surface area contributed by atoms with E-state index in [1.165, 1.54) is 0 Å². The van der Waals surface area contributed by atoms with Crippen LogP contribution in [0.1, 0.15) is 24.5 Å². The molecule has 1 N–H and O–H groups in total. The molecular formula is C11H16N6. The van der Waals surface area contributed by atoms with Crippen molar-refractivity contribution in [3.8, 4) is 0 Å². The normalized spacial score (nSPS) is 12.6. The van der Waals surface area contributed by atoms with Crippen LogP contribution in [0.4, 0.5) is 0 Å². The maximum atomic E-state index is 4.30. The van der Waals surface area contributed by atoms with Gasteiger partial charge in [-0.3, -0.25) is 14.6 Å². The largest absolute Gasteiger partial charge is 0.311 e. The molecule has 0 amide bonds. The molecule has 0 aliphatic rings. The molecule has 2 aromatic rings. The zero-order valence-corrected chi connectivity index (χ0v) is 10.0. The standard InChI is InChI=1S/C11H16N6/c1-3-17-11(15-8-16-17)6-9(12-2)10-7-13-4-5-14-10/h4-5,7-9,12H,3,6H2,1-2H3. The topological polar surface area (TPSA) is 68.5 Å². The molecule has 1 atom stereocenters. The molecule has 0 radical (unpaired) electrons. The summed E-state index contributed by atoms with van der Waals surface area (Å²) in [4.78, 5) is 12.6. The van der Waals surface area contributed by atoms with E-state index >= 15 is 0 Å². The zero-order chi connectivity index (χ0) is 12.1. The minimum atomic E-state index is 0.109. The number of likely N-dealkylation sites (N-methyl/N-ethyl adjacent to an activating group) is 1. The highest BCUT2D eigenvalue weighted by atomic mass is 15.3. The summed E-state index contributed by atoms with van der Waals surface area (Å²) in [6, 6.07) is 0.109. The van der Waals surface area contributed by atoms with Crippen LogP contribution in [0.2, 0.25) is 0 Å². The second kappa shape index (κ2) is 5.49. The Morgan fingerprint density at radius 1 is 1.35 bits per heavy atom. The third-order valence-corrected chi connectivity index (χ3v) is 2.67. The number of rotatable bonds is 5. The van der Waals surface area contributed by atoms with Gasteiger partial charge in [-0.15, -0.1) is 0 Å². The number of nitrogens with one attached hydrogen (secondary N) is 1. The number of aryl methyl sites for hydroxylation is 1. The van der Waals surface area contributed by atoms with E-state index in [4.69, 9.17) is 0 Å². The zero-order valence-electron chi connectivity index (χ0n) is 10.0. The Balaban J connectivity index is 2.16. The van der Waals surface area contributed by atoms with Crippen LogP contribution in [-0.4, -0.2) is 31.8 Å². The van der Waals surface area contributed by atoms with Crippen LogP contribution in [0.15, 0.2) is 24.9 Å². The van der Waals surface area contributed by atoms with Crippen LogP contribution in [0.25, 0.3) is 0 Å². The minimum Gasteiger partial charge on any atom is -0.311 e. The van der Waals surface area contributed by atoms with E-state index in [0.717, 1.165) is 24.5 Å². The van der Waals surface area contributed by atoms with Gasteiger partial charge in [0.25, 0.3) is 0 Å². The molecule has 90 valence electrons. The molecule has 2 heterocycles. The maximum absolute atomic E-state index is 4.30. The molecule has 0 bridgehead atoms. The van der Waals surface area contributed by atoms with Gasteiger partial charge in [-0.05, 0) is 14.0 Å². The first kappa shape index (κ1) is 11.7. The molecule has 0 spiro atoms. The molecular weight excluding hydrogens is 216 g/mol. The van der Waals surface area contributed by atoms with Gasteiger partial charge >= 0.3 is 0 Å². The fourth-order valence-corrected chi connectivity index (χ4v) is 1.74. The smallest absolute Gasteiger partial charge is 0.138 e. The third kappa shape index (κ3) is 2.65. The van der Waals surface area contributed by atoms with Crippen LogP contribution < -0.4 is 5.32 Å². The molecule has 0 saturated carbocycles. The summed E-state index contributed by atoms with van der Waals surface area (Å²) < 4.78 is 1.89. The van der Waals surface area contributed by atoms with Crippen molar-refractivity contribution in [2.45, 2.75) is 25.9 Å². The van der Waals surface area contributed by atoms with Crippen LogP contribution in [-0.2, 0) is 13.0 Å². The first-order valence-corrected chi connectivity index (χ1v) is 5.65. The van der Waals surface area contributed by atoms with Gasteiger partial charge in [-0.1, -0.05) is 0 Å². The van der Waals surface area contributed by atoms with E-state index in [1.54, 1.807) is 24.9 Å². The third-order valence-electron chi connectivity index (χ3n) is 2.67. The number of hydrogen-bond acceptors (Lipinski definition) is 5. The lowest BCUT2D eigenvalue weighted by Gasteiger charge is -2.14. The first-order chi connectivity index (χ1) is 8.35. The molecule has 0 aliphatic heterocycles. The van der Waals surface area contributed by atoms with Crippen molar-refractivity contribution in [3.63, 3.8) is 0 Å². The Morgan fingerprint density at radius 2 is 2.24 bits per heavy atom. The van der Waals surface area contributed by atoms with Crippen LogP contribution in [0, 0.1) is 0 Å². The van der Waals surface area contributed by atoms with E-state index in [9.17, 15) is 0 Å². The molecule has 6 heteroatoms. The average molecular weight is 232 g/mol. The van der Waals surface area contributed by atoms with Gasteiger partial charge in [-0.2, -0.15) is 5.10 Å². The molecule has 2 aromatic heterocycles. The van der Waals surface area contributed by atoms with Crippen LogP contribution >= 0.6 is 0 Å². The van der Waals surface area contributed by atoms with E-state index in [2.05, 4.69) is 32.3 Å². The van der Waals surface area contributed by atoms with Crippen molar-refractivity contribution in [1.82, 2.24) is 30.0 Å². The van der Waals surface area contributed by atoms with Gasteiger partial charge in [-0.25, -0.2) is 4.98 Å². The molecule has 0 fully saturated rings. The van der Waals surface area contributed by atoms with Crippen molar-refractivity contribution in [3.05, 3.63) is 36.4 Å². The van der Waals surface area contributed by atoms with Gasteiger partial charge < -0.3 is 5.32 Å². The fourth-order valence-electron chi connectivity index (χ4n) is 1.74. The predicted octanol–water partition coefficient (Wildman–Crippen LogP) is 0.591. The SMILES string of the molecule is CCn1ncnc1CC(NC)c1cnccn1. The Labute approximate surface area is 100 Å². The summed E-state index contributed by atoms with van der Waals surface area (Å²) in [5, 5.41) is 7.38. The van der Waals surface area contributed by atoms with Crippen molar-refractivity contribution in [2.24, 2.45) is 0 Å². The van der Waals surface area contributed by atoms with Crippen molar-refractivity contribution >= 4 is 0 Å². The van der Waals surface area contributed by atoms with Crippen molar-refractivity contribution < 1.29 is 0 Å². The first-order valence-electron chi connectivity index (χ1n) is 5.65. The second-order valence-electron chi connectivity index (χ2n) is 3.67. The van der Waals surface area contributed by atoms with Gasteiger partial charge in [0.05, 0.1) is 11.7 Å². The lowest BCUT2D eigenvalue weighted by molar-refractivity contribution is 0.523. The Hall–Kier alpha value is -1.82. The fraction of sp³-hybridized carbons (Fsp3) is 0.455. The van der Waals surface area contributed by atoms with Gasteiger partial charge in [0.1, 0.15) is 12.2 Å². The van der Waals surface area contributed by atoms with E-state index in [0.29, 0.717) is 0 Å². The molecule has 0 aliphatic carbocycles. The highest BCUT2D eigenvalue weighted by Gasteiger charge is 2.14. The molecule has 0 aromatic carbocycles. The van der Waals surface area contributed by atoms with Gasteiger partial charge in [0.15, 0.2) is 0 Å². The highest BCUT2D eigenvalue weighted by molar-refractivity contribution is 5.05. The summed E-state index contributed by atoms with van der Waals surface area (Å²) in [5.74, 6) is 0.956. The van der Waals surface area contributed by atoms with E-state index in [-0.39, 0.29) is 6.04 Å². The van der Waals surface area contributed by atoms with Crippen LogP contribution in [0.3, 0.4) is 0 Å². The number of hydrogen-bond donors (Lipinski definition) is 1. The highest BCUT2D eigenvalue weighted by Crippen LogP contribution is 2.13. The molecule has 17 heavy (non-hydrogen) atoms. The molecule has 6 nitrogen and oxygen atoms in total. The second-order valence-corrected chi connectivity index (χ2v) is 3.67. The van der Waals surface area contributed by atoms with E-state index in [1.807, 2.05) is 11.7 Å². The summed E-state index contributed by atoms with van der Waals surface area (Å²) in [7, 11) is 1.91. The van der Waals surface area contributed by atoms with Crippen LogP contribution in [0.5, 0.6) is 0 Å². The Kier molecular flexibility index (Phi) is 3.77. The maximum Gasteiger partial charge on any atom is 0.138 e. The van der Waals surface area contributed by atoms with Gasteiger partial charge in [0, 0.05) is 31.6 Å². The average Bonchev–Trinajstić information content (AvgIpc) is 2.84. The number of aromatic nitrogens is 5. The molecule has 2 rings (SSSR count). The summed E-state index contributed by atoms with van der Waals surface area (Å²) in [6.45, 7) is 2.88.